The second-order valence-corrected chi connectivity index (χ2v) is 3.91. The molecule has 15 heavy (non-hydrogen) atoms. The summed E-state index contributed by atoms with van der Waals surface area (Å²) in [5.41, 5.74) is -1.16. The Morgan fingerprint density at radius 3 is 2.80 bits per heavy atom. The van der Waals surface area contributed by atoms with Gasteiger partial charge in [0.05, 0.1) is 20.4 Å². The van der Waals surface area contributed by atoms with Gasteiger partial charge in [0.25, 0.3) is 0 Å². The van der Waals surface area contributed by atoms with Gasteiger partial charge in [0.1, 0.15) is 0 Å². The topological polar surface area (TPSA) is 63.1 Å². The molecule has 0 amide bonds. The van der Waals surface area contributed by atoms with E-state index in [-0.39, 0.29) is 20.4 Å². The third-order valence-corrected chi connectivity index (χ3v) is 3.10. The van der Waals surface area contributed by atoms with E-state index in [9.17, 15) is 14.0 Å². The van der Waals surface area contributed by atoms with Gasteiger partial charge in [0.15, 0.2) is 5.82 Å². The highest BCUT2D eigenvalue weighted by Gasteiger charge is 2.14. The Balaban J connectivity index is 3.12. The SMILES string of the molecule is O=c1[nH]c2c(F)c(Br)c(Cl)cc2c(=O)o1. The summed E-state index contributed by atoms with van der Waals surface area (Å²) >= 11 is 8.53. The lowest BCUT2D eigenvalue weighted by atomic mass is 10.2. The van der Waals surface area contributed by atoms with E-state index in [1.165, 1.54) is 6.07 Å². The maximum Gasteiger partial charge on any atom is 0.419 e. The molecule has 0 fully saturated rings. The van der Waals surface area contributed by atoms with Crippen LogP contribution in [0.3, 0.4) is 0 Å². The van der Waals surface area contributed by atoms with Crippen molar-refractivity contribution in [2.45, 2.75) is 0 Å². The summed E-state index contributed by atoms with van der Waals surface area (Å²) in [6.45, 7) is 0. The molecule has 4 nitrogen and oxygen atoms in total. The van der Waals surface area contributed by atoms with Crippen LogP contribution in [0.4, 0.5) is 4.39 Å². The maximum absolute atomic E-state index is 13.5. The van der Waals surface area contributed by atoms with E-state index in [1.54, 1.807) is 0 Å². The van der Waals surface area contributed by atoms with Crippen LogP contribution in [0.5, 0.6) is 0 Å². The number of aromatic nitrogens is 1. The molecule has 0 saturated heterocycles. The van der Waals surface area contributed by atoms with E-state index in [1.807, 2.05) is 0 Å². The lowest BCUT2D eigenvalue weighted by molar-refractivity contribution is 0.458. The molecule has 2 rings (SSSR count). The normalized spacial score (nSPS) is 10.9. The van der Waals surface area contributed by atoms with Crippen molar-refractivity contribution in [2.24, 2.45) is 0 Å². The summed E-state index contributed by atoms with van der Waals surface area (Å²) in [6, 6.07) is 1.21. The summed E-state index contributed by atoms with van der Waals surface area (Å²) in [4.78, 5) is 24.1. The molecule has 0 spiro atoms. The van der Waals surface area contributed by atoms with Crippen LogP contribution < -0.4 is 11.4 Å². The van der Waals surface area contributed by atoms with E-state index in [2.05, 4.69) is 25.3 Å². The summed E-state index contributed by atoms with van der Waals surface area (Å²) in [5.74, 6) is -1.82. The number of rotatable bonds is 0. The molecule has 0 unspecified atom stereocenters. The molecule has 0 bridgehead atoms. The van der Waals surface area contributed by atoms with Gasteiger partial charge in [-0.1, -0.05) is 11.6 Å². The van der Waals surface area contributed by atoms with E-state index in [0.29, 0.717) is 0 Å². The van der Waals surface area contributed by atoms with Gasteiger partial charge in [-0.05, 0) is 22.0 Å². The Bertz CT molecular complexity index is 663. The lowest BCUT2D eigenvalue weighted by Gasteiger charge is -2.01. The lowest BCUT2D eigenvalue weighted by Crippen LogP contribution is -2.15. The Kier molecular flexibility index (Phi) is 2.40. The molecule has 0 aliphatic heterocycles. The number of fused-ring (bicyclic) bond motifs is 1. The van der Waals surface area contributed by atoms with Crippen molar-refractivity contribution >= 4 is 38.4 Å². The van der Waals surface area contributed by atoms with Crippen LogP contribution in [-0.4, -0.2) is 4.98 Å². The average molecular weight is 294 g/mol. The third kappa shape index (κ3) is 1.59. The second kappa shape index (κ2) is 3.46. The molecule has 7 heteroatoms. The van der Waals surface area contributed by atoms with Crippen molar-refractivity contribution in [1.29, 1.82) is 0 Å². The zero-order valence-corrected chi connectivity index (χ0v) is 9.28. The van der Waals surface area contributed by atoms with Crippen LogP contribution in [0.15, 0.2) is 24.5 Å². The molecule has 2 aromatic rings. The number of halogens is 3. The molecule has 0 aliphatic carbocycles. The molecule has 1 aromatic heterocycles. The molecule has 1 N–H and O–H groups in total. The molecule has 0 saturated carbocycles. The molecular formula is C8H2BrClFNO3. The van der Waals surface area contributed by atoms with Crippen molar-refractivity contribution in [1.82, 2.24) is 4.98 Å². The maximum atomic E-state index is 13.5. The van der Waals surface area contributed by atoms with E-state index in [0.717, 1.165) is 0 Å². The van der Waals surface area contributed by atoms with Crippen LogP contribution in [-0.2, 0) is 0 Å². The first-order chi connectivity index (χ1) is 7.00. The van der Waals surface area contributed by atoms with Crippen LogP contribution in [0.2, 0.25) is 5.02 Å². The van der Waals surface area contributed by atoms with Crippen LogP contribution in [0.1, 0.15) is 0 Å². The fourth-order valence-corrected chi connectivity index (χ4v) is 1.65. The van der Waals surface area contributed by atoms with Crippen molar-refractivity contribution in [3.05, 3.63) is 42.3 Å². The number of aromatic amines is 1. The standard InChI is InChI=1S/C8H2BrClFNO3/c9-4-3(10)1-2-6(5(4)11)12-8(14)15-7(2)13/h1H,(H,12,14). The first kappa shape index (κ1) is 10.4. The second-order valence-electron chi connectivity index (χ2n) is 2.71. The van der Waals surface area contributed by atoms with E-state index >= 15 is 0 Å². The fourth-order valence-electron chi connectivity index (χ4n) is 1.15. The number of hydrogen-bond acceptors (Lipinski definition) is 3. The third-order valence-electron chi connectivity index (χ3n) is 1.79. The molecular weight excluding hydrogens is 292 g/mol. The minimum atomic E-state index is -1.01. The van der Waals surface area contributed by atoms with Gasteiger partial charge in [0.2, 0.25) is 0 Å². The number of benzene rings is 1. The van der Waals surface area contributed by atoms with Gasteiger partial charge < -0.3 is 4.42 Å². The van der Waals surface area contributed by atoms with Gasteiger partial charge in [-0.25, -0.2) is 14.0 Å². The Morgan fingerprint density at radius 2 is 2.13 bits per heavy atom. The average Bonchev–Trinajstić information content (AvgIpc) is 2.17. The van der Waals surface area contributed by atoms with Crippen molar-refractivity contribution in [2.75, 3.05) is 0 Å². The highest BCUT2D eigenvalue weighted by Crippen LogP contribution is 2.29. The highest BCUT2D eigenvalue weighted by molar-refractivity contribution is 9.10. The van der Waals surface area contributed by atoms with Gasteiger partial charge >= 0.3 is 11.4 Å². The van der Waals surface area contributed by atoms with Crippen molar-refractivity contribution in [3.8, 4) is 0 Å². The van der Waals surface area contributed by atoms with Gasteiger partial charge in [-0.3, -0.25) is 4.98 Å². The quantitative estimate of drug-likeness (QED) is 0.756. The Morgan fingerprint density at radius 1 is 1.47 bits per heavy atom. The summed E-state index contributed by atoms with van der Waals surface area (Å²) in [7, 11) is 0. The summed E-state index contributed by atoms with van der Waals surface area (Å²) < 4.78 is 17.8. The number of nitrogens with one attached hydrogen (secondary N) is 1. The predicted molar refractivity (Wildman–Crippen MR) is 55.8 cm³/mol. The zero-order valence-electron chi connectivity index (χ0n) is 6.94. The fraction of sp³-hybridized carbons (Fsp3) is 0. The molecule has 78 valence electrons. The van der Waals surface area contributed by atoms with Crippen molar-refractivity contribution in [3.63, 3.8) is 0 Å². The smallest absolute Gasteiger partial charge is 0.372 e. The molecule has 0 radical (unpaired) electrons. The number of H-pyrrole nitrogens is 1. The van der Waals surface area contributed by atoms with Crippen molar-refractivity contribution < 1.29 is 8.81 Å². The van der Waals surface area contributed by atoms with Gasteiger partial charge in [-0.15, -0.1) is 0 Å². The molecule has 0 atom stereocenters. The van der Waals surface area contributed by atoms with Gasteiger partial charge in [-0.2, -0.15) is 0 Å². The molecule has 0 aliphatic rings. The molecule has 1 heterocycles. The molecule has 1 aromatic carbocycles. The van der Waals surface area contributed by atoms with Gasteiger partial charge in [0, 0.05) is 0 Å². The highest BCUT2D eigenvalue weighted by atomic mass is 79.9. The first-order valence-electron chi connectivity index (χ1n) is 3.71. The first-order valence-corrected chi connectivity index (χ1v) is 4.88. The number of hydrogen-bond donors (Lipinski definition) is 1. The monoisotopic (exact) mass is 293 g/mol. The minimum Gasteiger partial charge on any atom is -0.372 e. The van der Waals surface area contributed by atoms with E-state index < -0.39 is 17.2 Å². The zero-order chi connectivity index (χ0) is 11.2. The minimum absolute atomic E-state index is 0.0158. The summed E-state index contributed by atoms with van der Waals surface area (Å²) in [6.07, 6.45) is 0. The largest absolute Gasteiger partial charge is 0.419 e. The van der Waals surface area contributed by atoms with Crippen LogP contribution in [0.25, 0.3) is 10.9 Å². The Labute approximate surface area is 94.8 Å². The Hall–Kier alpha value is -1.14. The van der Waals surface area contributed by atoms with E-state index in [4.69, 9.17) is 11.6 Å². The van der Waals surface area contributed by atoms with Crippen LogP contribution >= 0.6 is 27.5 Å². The summed E-state index contributed by atoms with van der Waals surface area (Å²) in [5, 5.41) is -0.0837. The predicted octanol–water partition coefficient (Wildman–Crippen LogP) is 2.04. The van der Waals surface area contributed by atoms with Crippen LogP contribution in [0, 0.1) is 5.82 Å².